The lowest BCUT2D eigenvalue weighted by Gasteiger charge is -2.34. The summed E-state index contributed by atoms with van der Waals surface area (Å²) in [6.45, 7) is 5.83. The molecule has 0 radical (unpaired) electrons. The first-order valence-corrected chi connectivity index (χ1v) is 10.9. The van der Waals surface area contributed by atoms with E-state index in [2.05, 4.69) is 10.6 Å². The molecule has 2 aliphatic rings. The first-order valence-electron chi connectivity index (χ1n) is 10.9. The fourth-order valence-corrected chi connectivity index (χ4v) is 4.19. The van der Waals surface area contributed by atoms with Gasteiger partial charge in [0.2, 0.25) is 11.8 Å². The van der Waals surface area contributed by atoms with Gasteiger partial charge in [0.25, 0.3) is 0 Å². The van der Waals surface area contributed by atoms with E-state index in [9.17, 15) is 18.8 Å². The highest BCUT2D eigenvalue weighted by Crippen LogP contribution is 2.27. The van der Waals surface area contributed by atoms with Gasteiger partial charge in [-0.1, -0.05) is 13.8 Å². The summed E-state index contributed by atoms with van der Waals surface area (Å²) < 4.78 is 14.2. The van der Waals surface area contributed by atoms with Crippen LogP contribution in [0.4, 0.5) is 20.6 Å². The number of benzene rings is 1. The van der Waals surface area contributed by atoms with Crippen molar-refractivity contribution in [2.45, 2.75) is 58.4 Å². The van der Waals surface area contributed by atoms with Crippen LogP contribution in [0.2, 0.25) is 0 Å². The summed E-state index contributed by atoms with van der Waals surface area (Å²) >= 11 is 0. The van der Waals surface area contributed by atoms with Crippen molar-refractivity contribution in [3.8, 4) is 0 Å². The predicted octanol–water partition coefficient (Wildman–Crippen LogP) is 3.50. The molecule has 1 aromatic rings. The molecule has 4 amide bonds. The van der Waals surface area contributed by atoms with Crippen molar-refractivity contribution in [2.24, 2.45) is 5.92 Å². The predicted molar refractivity (Wildman–Crippen MR) is 114 cm³/mol. The lowest BCUT2D eigenvalue weighted by molar-refractivity contribution is -0.136. The van der Waals surface area contributed by atoms with Crippen LogP contribution in [0.15, 0.2) is 18.2 Å². The number of likely N-dealkylation sites (tertiary alicyclic amines) is 1. The molecule has 0 unspecified atom stereocenters. The van der Waals surface area contributed by atoms with Gasteiger partial charge in [-0.25, -0.2) is 9.18 Å². The van der Waals surface area contributed by atoms with Crippen molar-refractivity contribution in [3.05, 3.63) is 24.0 Å². The van der Waals surface area contributed by atoms with E-state index in [0.717, 1.165) is 12.8 Å². The summed E-state index contributed by atoms with van der Waals surface area (Å²) in [6.07, 6.45) is 4.22. The normalized spacial score (nSPS) is 17.5. The third-order valence-corrected chi connectivity index (χ3v) is 6.04. The number of nitrogens with one attached hydrogen (secondary N) is 2. The molecule has 2 saturated heterocycles. The topological polar surface area (TPSA) is 81.8 Å². The maximum absolute atomic E-state index is 14.2. The Bertz CT molecular complexity index is 789. The molecule has 1 aromatic carbocycles. The van der Waals surface area contributed by atoms with Gasteiger partial charge in [0, 0.05) is 43.7 Å². The lowest BCUT2D eigenvalue weighted by atomic mass is 9.98. The van der Waals surface area contributed by atoms with E-state index in [-0.39, 0.29) is 35.5 Å². The van der Waals surface area contributed by atoms with Crippen molar-refractivity contribution in [1.29, 1.82) is 0 Å². The molecule has 0 bridgehead atoms. The summed E-state index contributed by atoms with van der Waals surface area (Å²) in [6, 6.07) is 3.85. The molecular weight excluding hydrogens is 387 g/mol. The van der Waals surface area contributed by atoms with Gasteiger partial charge in [-0.3, -0.25) is 9.59 Å². The Morgan fingerprint density at radius 3 is 2.47 bits per heavy atom. The highest BCUT2D eigenvalue weighted by molar-refractivity contribution is 5.97. The molecule has 0 atom stereocenters. The summed E-state index contributed by atoms with van der Waals surface area (Å²) in [5.41, 5.74) is 0.633. The van der Waals surface area contributed by atoms with Gasteiger partial charge in [0.05, 0.1) is 5.69 Å². The van der Waals surface area contributed by atoms with E-state index >= 15 is 0 Å². The van der Waals surface area contributed by atoms with Crippen molar-refractivity contribution in [2.75, 3.05) is 29.9 Å². The van der Waals surface area contributed by atoms with Crippen LogP contribution in [-0.4, -0.2) is 48.4 Å². The van der Waals surface area contributed by atoms with Crippen LogP contribution in [-0.2, 0) is 9.59 Å². The fraction of sp³-hybridized carbons (Fsp3) is 0.591. The van der Waals surface area contributed by atoms with E-state index < -0.39 is 5.82 Å². The average Bonchev–Trinajstić information content (AvgIpc) is 3.16. The van der Waals surface area contributed by atoms with E-state index in [4.69, 9.17) is 0 Å². The summed E-state index contributed by atoms with van der Waals surface area (Å²) in [4.78, 5) is 40.1. The van der Waals surface area contributed by atoms with Crippen molar-refractivity contribution < 1.29 is 18.8 Å². The van der Waals surface area contributed by atoms with Crippen molar-refractivity contribution >= 4 is 29.2 Å². The Morgan fingerprint density at radius 1 is 1.17 bits per heavy atom. The molecule has 0 spiro atoms. The van der Waals surface area contributed by atoms with Crippen molar-refractivity contribution in [3.63, 3.8) is 0 Å². The molecule has 30 heavy (non-hydrogen) atoms. The third-order valence-electron chi connectivity index (χ3n) is 6.04. The molecular formula is C22H31FN4O3. The molecule has 3 rings (SSSR count). The number of hydrogen-bond acceptors (Lipinski definition) is 3. The Balaban J connectivity index is 1.52. The number of urea groups is 1. The van der Waals surface area contributed by atoms with Crippen LogP contribution < -0.4 is 15.5 Å². The summed E-state index contributed by atoms with van der Waals surface area (Å²) in [7, 11) is 0. The smallest absolute Gasteiger partial charge is 0.319 e. The monoisotopic (exact) mass is 418 g/mol. The van der Waals surface area contributed by atoms with E-state index in [1.54, 1.807) is 0 Å². The number of carbonyl (C=O) groups is 3. The Labute approximate surface area is 177 Å². The molecule has 2 fully saturated rings. The molecule has 2 aliphatic heterocycles. The Hall–Kier alpha value is -2.64. The first-order chi connectivity index (χ1) is 14.4. The van der Waals surface area contributed by atoms with Crippen LogP contribution >= 0.6 is 0 Å². The van der Waals surface area contributed by atoms with Gasteiger partial charge < -0.3 is 20.4 Å². The molecule has 0 saturated carbocycles. The minimum absolute atomic E-state index is 0.0177. The average molecular weight is 419 g/mol. The van der Waals surface area contributed by atoms with Crippen LogP contribution in [0, 0.1) is 11.7 Å². The van der Waals surface area contributed by atoms with E-state index in [0.29, 0.717) is 51.0 Å². The summed E-state index contributed by atoms with van der Waals surface area (Å²) in [5, 5.41) is 5.66. The number of nitrogens with zero attached hydrogens (tertiary/aromatic N) is 2. The van der Waals surface area contributed by atoms with Crippen LogP contribution in [0.3, 0.4) is 0 Å². The van der Waals surface area contributed by atoms with E-state index in [1.165, 1.54) is 23.1 Å². The number of halogens is 1. The second kappa shape index (κ2) is 9.91. The number of carbonyl (C=O) groups excluding carboxylic acids is 3. The van der Waals surface area contributed by atoms with Gasteiger partial charge in [-0.05, 0) is 50.3 Å². The van der Waals surface area contributed by atoms with Gasteiger partial charge in [0.1, 0.15) is 5.82 Å². The number of piperidine rings is 1. The minimum Gasteiger partial charge on any atom is -0.342 e. The van der Waals surface area contributed by atoms with E-state index in [1.807, 2.05) is 18.7 Å². The maximum Gasteiger partial charge on any atom is 0.319 e. The SMILES string of the molecule is CCC(CC)C(=O)N1CCC(NC(=O)Nc2ccc(F)c(N3CCCC3=O)c2)CC1. The molecule has 0 aromatic heterocycles. The molecule has 7 nitrogen and oxygen atoms in total. The quantitative estimate of drug-likeness (QED) is 0.742. The third kappa shape index (κ3) is 5.09. The molecule has 8 heteroatoms. The fourth-order valence-electron chi connectivity index (χ4n) is 4.19. The van der Waals surface area contributed by atoms with Gasteiger partial charge in [0.15, 0.2) is 0 Å². The van der Waals surface area contributed by atoms with Crippen LogP contribution in [0.1, 0.15) is 52.4 Å². The van der Waals surface area contributed by atoms with Crippen molar-refractivity contribution in [1.82, 2.24) is 10.2 Å². The standard InChI is InChI=1S/C22H31FN4O3/c1-3-15(4-2)21(29)26-12-9-16(10-13-26)24-22(30)25-17-7-8-18(23)19(14-17)27-11-5-6-20(27)28/h7-8,14-16H,3-6,9-13H2,1-2H3,(H2,24,25,30). The number of rotatable bonds is 6. The molecule has 2 N–H and O–H groups in total. The molecule has 0 aliphatic carbocycles. The highest BCUT2D eigenvalue weighted by atomic mass is 19.1. The zero-order chi connectivity index (χ0) is 21.7. The Kier molecular flexibility index (Phi) is 7.29. The minimum atomic E-state index is -0.481. The first kappa shape index (κ1) is 22.1. The second-order valence-corrected chi connectivity index (χ2v) is 8.03. The van der Waals surface area contributed by atoms with Gasteiger partial charge in [-0.15, -0.1) is 0 Å². The number of anilines is 2. The van der Waals surface area contributed by atoms with Gasteiger partial charge in [-0.2, -0.15) is 0 Å². The van der Waals surface area contributed by atoms with Crippen LogP contribution in [0.5, 0.6) is 0 Å². The highest BCUT2D eigenvalue weighted by Gasteiger charge is 2.28. The zero-order valence-electron chi connectivity index (χ0n) is 17.7. The number of hydrogen-bond donors (Lipinski definition) is 2. The van der Waals surface area contributed by atoms with Gasteiger partial charge >= 0.3 is 6.03 Å². The Morgan fingerprint density at radius 2 is 1.87 bits per heavy atom. The second-order valence-electron chi connectivity index (χ2n) is 8.03. The molecule has 2 heterocycles. The zero-order valence-corrected chi connectivity index (χ0v) is 17.7. The number of amides is 4. The summed E-state index contributed by atoms with van der Waals surface area (Å²) in [5.74, 6) is -0.304. The maximum atomic E-state index is 14.2. The lowest BCUT2D eigenvalue weighted by Crippen LogP contribution is -2.48. The van der Waals surface area contributed by atoms with Crippen LogP contribution in [0.25, 0.3) is 0 Å². The molecule has 164 valence electrons. The largest absolute Gasteiger partial charge is 0.342 e.